The van der Waals surface area contributed by atoms with Crippen molar-refractivity contribution < 1.29 is 14.6 Å². The van der Waals surface area contributed by atoms with Crippen LogP contribution in [0.2, 0.25) is 0 Å². The van der Waals surface area contributed by atoms with Crippen LogP contribution in [0.3, 0.4) is 0 Å². The highest BCUT2D eigenvalue weighted by molar-refractivity contribution is 5.94. The summed E-state index contributed by atoms with van der Waals surface area (Å²) in [6, 6.07) is 7.61. The Kier molecular flexibility index (Phi) is 8.96. The fourth-order valence-electron chi connectivity index (χ4n) is 4.28. The van der Waals surface area contributed by atoms with Crippen LogP contribution in [0.15, 0.2) is 29.3 Å². The van der Waals surface area contributed by atoms with E-state index < -0.39 is 5.97 Å². The Hall–Kier alpha value is -2.12. The van der Waals surface area contributed by atoms with Gasteiger partial charge in [0.25, 0.3) is 0 Å². The molecule has 0 bridgehead atoms. The number of piperazine rings is 1. The number of guanidine groups is 1. The van der Waals surface area contributed by atoms with E-state index in [0.717, 1.165) is 63.5 Å². The average molecular weight is 417 g/mol. The third-order valence-electron chi connectivity index (χ3n) is 6.01. The third-order valence-corrected chi connectivity index (χ3v) is 6.01. The van der Waals surface area contributed by atoms with Gasteiger partial charge in [-0.3, -0.25) is 9.89 Å². The Morgan fingerprint density at radius 2 is 1.83 bits per heavy atom. The predicted octanol–water partition coefficient (Wildman–Crippen LogP) is 3.53. The van der Waals surface area contributed by atoms with Gasteiger partial charge in [0.2, 0.25) is 0 Å². The Bertz CT molecular complexity index is 678. The minimum absolute atomic E-state index is 0.289. The molecule has 30 heavy (non-hydrogen) atoms. The number of aliphatic imine (C=N–C) groups is 1. The van der Waals surface area contributed by atoms with Gasteiger partial charge in [0.15, 0.2) is 5.96 Å². The molecule has 0 radical (unpaired) electrons. The van der Waals surface area contributed by atoms with Crippen LogP contribution in [-0.4, -0.2) is 78.8 Å². The number of benzene rings is 1. The highest BCUT2D eigenvalue weighted by Crippen LogP contribution is 2.23. The number of carboxylic acid groups (broad SMARTS) is 1. The smallest absolute Gasteiger partial charge is 0.335 e. The molecule has 1 aromatic rings. The first kappa shape index (κ1) is 22.6. The van der Waals surface area contributed by atoms with Crippen molar-refractivity contribution in [3.8, 4) is 0 Å². The zero-order valence-electron chi connectivity index (χ0n) is 18.2. The van der Waals surface area contributed by atoms with Crippen molar-refractivity contribution in [3.63, 3.8) is 0 Å². The Labute approximate surface area is 180 Å². The molecule has 2 aliphatic rings. The number of carbonyl (C=O) groups is 1. The van der Waals surface area contributed by atoms with Crippen LogP contribution < -0.4 is 5.32 Å². The van der Waals surface area contributed by atoms with Crippen LogP contribution in [0.25, 0.3) is 0 Å². The van der Waals surface area contributed by atoms with Crippen molar-refractivity contribution in [2.75, 3.05) is 51.3 Å². The molecule has 1 saturated carbocycles. The third kappa shape index (κ3) is 6.71. The van der Waals surface area contributed by atoms with E-state index in [1.807, 2.05) is 6.92 Å². The first-order chi connectivity index (χ1) is 14.7. The van der Waals surface area contributed by atoms with E-state index >= 15 is 0 Å². The van der Waals surface area contributed by atoms with Gasteiger partial charge < -0.3 is 20.1 Å². The quantitative estimate of drug-likeness (QED) is 0.384. The first-order valence-electron chi connectivity index (χ1n) is 11.4. The summed E-state index contributed by atoms with van der Waals surface area (Å²) in [4.78, 5) is 20.9. The highest BCUT2D eigenvalue weighted by atomic mass is 16.5. The van der Waals surface area contributed by atoms with E-state index in [2.05, 4.69) is 15.1 Å². The topological polar surface area (TPSA) is 77.4 Å². The second kappa shape index (κ2) is 11.9. The average Bonchev–Trinajstić information content (AvgIpc) is 2.79. The molecule has 1 saturated heterocycles. The molecule has 0 amide bonds. The number of carboxylic acids is 1. The summed E-state index contributed by atoms with van der Waals surface area (Å²) in [5.74, 6) is -0.0388. The summed E-state index contributed by atoms with van der Waals surface area (Å²) in [5.41, 5.74) is 1.15. The standard InChI is InChI=1S/C23H36N4O3/c1-2-30-18-6-13-24-23(25-20-11-9-19(10-12-20)22(28)29)27-16-14-26(15-17-27)21-7-4-3-5-8-21/h9-12,21H,2-8,13-18H2,1H3,(H,24,25)(H,28,29). The fourth-order valence-corrected chi connectivity index (χ4v) is 4.28. The summed E-state index contributed by atoms with van der Waals surface area (Å²) >= 11 is 0. The number of nitrogens with one attached hydrogen (secondary N) is 1. The van der Waals surface area contributed by atoms with E-state index in [9.17, 15) is 4.79 Å². The second-order valence-electron chi connectivity index (χ2n) is 8.08. The van der Waals surface area contributed by atoms with Crippen molar-refractivity contribution in [1.82, 2.24) is 9.80 Å². The molecule has 3 rings (SSSR count). The summed E-state index contributed by atoms with van der Waals surface area (Å²) in [5, 5.41) is 12.5. The van der Waals surface area contributed by atoms with Crippen LogP contribution >= 0.6 is 0 Å². The number of nitrogens with zero attached hydrogens (tertiary/aromatic N) is 3. The SMILES string of the molecule is CCOCCCN=C(Nc1ccc(C(=O)O)cc1)N1CCN(C2CCCCC2)CC1. The second-order valence-corrected chi connectivity index (χ2v) is 8.08. The van der Waals surface area contributed by atoms with E-state index in [1.54, 1.807) is 24.3 Å². The lowest BCUT2D eigenvalue weighted by molar-refractivity contribution is 0.0697. The fraction of sp³-hybridized carbons (Fsp3) is 0.652. The van der Waals surface area contributed by atoms with Crippen molar-refractivity contribution in [1.29, 1.82) is 0 Å². The number of hydrogen-bond acceptors (Lipinski definition) is 4. The maximum atomic E-state index is 11.1. The van der Waals surface area contributed by atoms with E-state index in [1.165, 1.54) is 32.1 Å². The summed E-state index contributed by atoms with van der Waals surface area (Å²) in [6.45, 7) is 8.22. The number of hydrogen-bond donors (Lipinski definition) is 2. The maximum Gasteiger partial charge on any atom is 0.335 e. The van der Waals surface area contributed by atoms with Gasteiger partial charge in [-0.2, -0.15) is 0 Å². The van der Waals surface area contributed by atoms with E-state index in [0.29, 0.717) is 6.54 Å². The molecule has 0 unspecified atom stereocenters. The van der Waals surface area contributed by atoms with Gasteiger partial charge in [-0.25, -0.2) is 4.79 Å². The number of rotatable bonds is 8. The Balaban J connectivity index is 1.60. The molecule has 7 nitrogen and oxygen atoms in total. The molecule has 166 valence electrons. The van der Waals surface area contributed by atoms with Gasteiger partial charge in [-0.05, 0) is 50.5 Å². The van der Waals surface area contributed by atoms with E-state index in [-0.39, 0.29) is 5.56 Å². The summed E-state index contributed by atoms with van der Waals surface area (Å²) in [6.07, 6.45) is 7.69. The van der Waals surface area contributed by atoms with Gasteiger partial charge in [0, 0.05) is 57.7 Å². The lowest BCUT2D eigenvalue weighted by Gasteiger charge is -2.41. The van der Waals surface area contributed by atoms with Gasteiger partial charge in [0.05, 0.1) is 5.56 Å². The molecule has 0 aromatic heterocycles. The molecular formula is C23H36N4O3. The van der Waals surface area contributed by atoms with Crippen molar-refractivity contribution in [3.05, 3.63) is 29.8 Å². The Morgan fingerprint density at radius 3 is 2.47 bits per heavy atom. The van der Waals surface area contributed by atoms with Gasteiger partial charge in [-0.15, -0.1) is 0 Å². The number of anilines is 1. The van der Waals surface area contributed by atoms with Gasteiger partial charge in [0.1, 0.15) is 0 Å². The van der Waals surface area contributed by atoms with Crippen molar-refractivity contribution >= 4 is 17.6 Å². The minimum Gasteiger partial charge on any atom is -0.478 e. The highest BCUT2D eigenvalue weighted by Gasteiger charge is 2.26. The Morgan fingerprint density at radius 1 is 1.13 bits per heavy atom. The van der Waals surface area contributed by atoms with Crippen LogP contribution in [0.4, 0.5) is 5.69 Å². The molecule has 7 heteroatoms. The zero-order valence-corrected chi connectivity index (χ0v) is 18.2. The largest absolute Gasteiger partial charge is 0.478 e. The van der Waals surface area contributed by atoms with Gasteiger partial charge >= 0.3 is 5.97 Å². The molecule has 0 spiro atoms. The number of aromatic carboxylic acids is 1. The summed E-state index contributed by atoms with van der Waals surface area (Å²) < 4.78 is 5.43. The zero-order chi connectivity index (χ0) is 21.2. The molecule has 1 aliphatic heterocycles. The van der Waals surface area contributed by atoms with Crippen LogP contribution in [0, 0.1) is 0 Å². The maximum absolute atomic E-state index is 11.1. The van der Waals surface area contributed by atoms with Crippen LogP contribution in [0.5, 0.6) is 0 Å². The van der Waals surface area contributed by atoms with Gasteiger partial charge in [-0.1, -0.05) is 19.3 Å². The molecule has 1 aromatic carbocycles. The molecule has 2 N–H and O–H groups in total. The van der Waals surface area contributed by atoms with Crippen LogP contribution in [0.1, 0.15) is 55.8 Å². The monoisotopic (exact) mass is 416 g/mol. The number of ether oxygens (including phenoxy) is 1. The van der Waals surface area contributed by atoms with Crippen molar-refractivity contribution in [2.45, 2.75) is 51.5 Å². The normalized spacial score (nSPS) is 19.1. The molecule has 1 heterocycles. The summed E-state index contributed by atoms with van der Waals surface area (Å²) in [7, 11) is 0. The van der Waals surface area contributed by atoms with Crippen molar-refractivity contribution in [2.24, 2.45) is 4.99 Å². The first-order valence-corrected chi connectivity index (χ1v) is 11.4. The molecule has 1 aliphatic carbocycles. The lowest BCUT2D eigenvalue weighted by Crippen LogP contribution is -2.53. The van der Waals surface area contributed by atoms with Crippen LogP contribution in [-0.2, 0) is 4.74 Å². The molecular weight excluding hydrogens is 380 g/mol. The lowest BCUT2D eigenvalue weighted by atomic mass is 9.94. The predicted molar refractivity (Wildman–Crippen MR) is 120 cm³/mol. The molecule has 2 fully saturated rings. The molecule has 0 atom stereocenters. The minimum atomic E-state index is -0.912. The van der Waals surface area contributed by atoms with E-state index in [4.69, 9.17) is 14.8 Å².